The predicted molar refractivity (Wildman–Crippen MR) is 228 cm³/mol. The maximum Gasteiger partial charge on any atom is 0.164 e. The molecule has 10 rings (SSSR count). The predicted octanol–water partition coefficient (Wildman–Crippen LogP) is 12.2. The zero-order valence-corrected chi connectivity index (χ0v) is 32.1. The number of hydrogen-bond donors (Lipinski definition) is 0. The fourth-order valence-electron chi connectivity index (χ4n) is 9.83. The van der Waals surface area contributed by atoms with Crippen LogP contribution in [0.3, 0.4) is 0 Å². The molecule has 55 heavy (non-hydrogen) atoms. The van der Waals surface area contributed by atoms with Gasteiger partial charge in [0.15, 0.2) is 17.5 Å². The Bertz CT molecular complexity index is 2770. The lowest BCUT2D eigenvalue weighted by Crippen LogP contribution is -2.34. The van der Waals surface area contributed by atoms with E-state index in [-0.39, 0.29) is 5.41 Å². The van der Waals surface area contributed by atoms with Crippen LogP contribution in [0.2, 0.25) is 0 Å². The molecule has 3 unspecified atom stereocenters. The summed E-state index contributed by atoms with van der Waals surface area (Å²) in [6, 6.07) is 56.1. The van der Waals surface area contributed by atoms with Crippen LogP contribution < -0.4 is 5.30 Å². The Morgan fingerprint density at radius 1 is 0.509 bits per heavy atom. The molecule has 1 heterocycles. The van der Waals surface area contributed by atoms with Crippen molar-refractivity contribution in [2.75, 3.05) is 13.3 Å². The molecule has 0 amide bonds. The van der Waals surface area contributed by atoms with E-state index in [0.717, 1.165) is 49.5 Å². The Labute approximate surface area is 322 Å². The summed E-state index contributed by atoms with van der Waals surface area (Å²) in [6.07, 6.45) is 5.04. The van der Waals surface area contributed by atoms with Gasteiger partial charge in [-0.05, 0) is 88.2 Å². The number of hydrogen-bond acceptors (Lipinski definition) is 4. The van der Waals surface area contributed by atoms with Gasteiger partial charge in [0.05, 0.1) is 0 Å². The van der Waals surface area contributed by atoms with Crippen LogP contribution in [0.4, 0.5) is 0 Å². The van der Waals surface area contributed by atoms with Crippen molar-refractivity contribution in [3.05, 3.63) is 169 Å². The highest BCUT2D eigenvalue weighted by atomic mass is 31.2. The van der Waals surface area contributed by atoms with Crippen molar-refractivity contribution in [2.24, 2.45) is 11.8 Å². The second-order valence-corrected chi connectivity index (χ2v) is 19.1. The first-order valence-electron chi connectivity index (χ1n) is 19.4. The molecule has 2 fully saturated rings. The van der Waals surface area contributed by atoms with Gasteiger partial charge in [0.2, 0.25) is 0 Å². The van der Waals surface area contributed by atoms with Crippen LogP contribution in [-0.2, 0) is 9.98 Å². The summed E-state index contributed by atoms with van der Waals surface area (Å²) in [5.74, 6) is 3.38. The lowest BCUT2D eigenvalue weighted by atomic mass is 9.64. The molecule has 2 bridgehead atoms. The van der Waals surface area contributed by atoms with Gasteiger partial charge in [-0.3, -0.25) is 0 Å². The minimum Gasteiger partial charge on any atom is -0.319 e. The van der Waals surface area contributed by atoms with Crippen LogP contribution in [0.1, 0.15) is 36.8 Å². The molecule has 2 saturated carbocycles. The second-order valence-electron chi connectivity index (χ2n) is 15.9. The molecule has 5 heteroatoms. The van der Waals surface area contributed by atoms with E-state index < -0.39 is 7.14 Å². The largest absolute Gasteiger partial charge is 0.319 e. The second kappa shape index (κ2) is 13.3. The van der Waals surface area contributed by atoms with Gasteiger partial charge in [-0.25, -0.2) is 15.0 Å². The summed E-state index contributed by atoms with van der Waals surface area (Å²) in [5, 5.41) is 5.47. The van der Waals surface area contributed by atoms with Crippen molar-refractivity contribution in [3.63, 3.8) is 0 Å². The van der Waals surface area contributed by atoms with Crippen molar-refractivity contribution < 1.29 is 4.57 Å². The topological polar surface area (TPSA) is 55.7 Å². The van der Waals surface area contributed by atoms with Gasteiger partial charge in [-0.2, -0.15) is 0 Å². The van der Waals surface area contributed by atoms with Crippen LogP contribution in [0.25, 0.3) is 66.8 Å². The molecule has 0 aliphatic heterocycles. The molecule has 1 aromatic heterocycles. The summed E-state index contributed by atoms with van der Waals surface area (Å²) in [7, 11) is -2.42. The highest BCUT2D eigenvalue weighted by Gasteiger charge is 2.52. The smallest absolute Gasteiger partial charge is 0.164 e. The monoisotopic (exact) mass is 731 g/mol. The molecule has 2 aliphatic rings. The minimum absolute atomic E-state index is 0.0363. The van der Waals surface area contributed by atoms with Gasteiger partial charge >= 0.3 is 0 Å². The van der Waals surface area contributed by atoms with E-state index in [2.05, 4.69) is 133 Å². The average molecular weight is 732 g/mol. The van der Waals surface area contributed by atoms with E-state index in [0.29, 0.717) is 23.4 Å². The zero-order chi connectivity index (χ0) is 37.1. The molecule has 0 radical (unpaired) electrons. The maximum atomic E-state index is 13.2. The van der Waals surface area contributed by atoms with Gasteiger partial charge in [0.1, 0.15) is 7.14 Å². The number of fused-ring (bicyclic) bond motifs is 4. The summed E-state index contributed by atoms with van der Waals surface area (Å²) >= 11 is 0. The van der Waals surface area contributed by atoms with Crippen LogP contribution in [-0.4, -0.2) is 28.3 Å². The standard InChI is InChI=1S/C50H42N3OP/c1-55(2,54)46-30-29-42(43-16-8-9-17-44(43)46)35-20-25-38(26-21-35)50(32-33-19-24-40(50)31-33)39-27-22-37(23-28-39)48-51-47(36-12-4-3-5-13-36)52-49(53-48)45-18-10-14-34-11-6-7-15-41(34)45/h3-18,20-23,25-30,33,40H,19,24,31-32H2,1-2H3. The molecule has 0 spiro atoms. The number of aromatic nitrogens is 3. The molecule has 0 N–H and O–H groups in total. The molecule has 2 aliphatic carbocycles. The van der Waals surface area contributed by atoms with Crippen molar-refractivity contribution >= 4 is 34.0 Å². The van der Waals surface area contributed by atoms with E-state index in [4.69, 9.17) is 15.0 Å². The molecule has 268 valence electrons. The third-order valence-corrected chi connectivity index (χ3v) is 13.9. The Kier molecular flexibility index (Phi) is 8.15. The molecular weight excluding hydrogens is 690 g/mol. The average Bonchev–Trinajstić information content (AvgIpc) is 3.86. The highest BCUT2D eigenvalue weighted by Crippen LogP contribution is 2.60. The Balaban J connectivity index is 1.04. The summed E-state index contributed by atoms with van der Waals surface area (Å²) in [4.78, 5) is 15.2. The van der Waals surface area contributed by atoms with E-state index >= 15 is 0 Å². The fraction of sp³-hybridized carbons (Fsp3) is 0.180. The van der Waals surface area contributed by atoms with Crippen molar-refractivity contribution in [1.29, 1.82) is 0 Å². The summed E-state index contributed by atoms with van der Waals surface area (Å²) in [5.41, 5.74) is 8.05. The quantitative estimate of drug-likeness (QED) is 0.153. The van der Waals surface area contributed by atoms with Gasteiger partial charge in [0, 0.05) is 27.4 Å². The molecule has 7 aromatic carbocycles. The highest BCUT2D eigenvalue weighted by molar-refractivity contribution is 7.70. The van der Waals surface area contributed by atoms with E-state index in [1.807, 2.05) is 37.6 Å². The first kappa shape index (κ1) is 33.8. The van der Waals surface area contributed by atoms with Gasteiger partial charge < -0.3 is 4.57 Å². The van der Waals surface area contributed by atoms with E-state index in [1.165, 1.54) is 47.9 Å². The molecular formula is C50H42N3OP. The summed E-state index contributed by atoms with van der Waals surface area (Å²) in [6.45, 7) is 3.72. The van der Waals surface area contributed by atoms with Crippen molar-refractivity contribution in [1.82, 2.24) is 15.0 Å². The van der Waals surface area contributed by atoms with Crippen molar-refractivity contribution in [3.8, 4) is 45.3 Å². The first-order chi connectivity index (χ1) is 26.8. The number of nitrogens with zero attached hydrogens (tertiary/aromatic N) is 3. The Morgan fingerprint density at radius 2 is 1.09 bits per heavy atom. The fourth-order valence-corrected chi connectivity index (χ4v) is 11.0. The van der Waals surface area contributed by atoms with Crippen LogP contribution in [0.5, 0.6) is 0 Å². The van der Waals surface area contributed by atoms with E-state index in [1.54, 1.807) is 0 Å². The van der Waals surface area contributed by atoms with Crippen LogP contribution in [0, 0.1) is 11.8 Å². The lowest BCUT2D eigenvalue weighted by Gasteiger charge is -2.39. The molecule has 4 nitrogen and oxygen atoms in total. The lowest BCUT2D eigenvalue weighted by molar-refractivity contribution is 0.320. The molecule has 0 saturated heterocycles. The van der Waals surface area contributed by atoms with Crippen LogP contribution >= 0.6 is 7.14 Å². The van der Waals surface area contributed by atoms with Crippen LogP contribution in [0.15, 0.2) is 158 Å². The van der Waals surface area contributed by atoms with Gasteiger partial charge in [-0.1, -0.05) is 164 Å². The maximum absolute atomic E-state index is 13.2. The molecule has 8 aromatic rings. The SMILES string of the molecule is CP(C)(=O)c1ccc(-c2ccc(C3(c4ccc(-c5nc(-c6ccccc6)nc(-c6cccc7ccccc67)n5)cc4)CC4CCC3C4)cc2)c2ccccc12. The van der Waals surface area contributed by atoms with Crippen molar-refractivity contribution in [2.45, 2.75) is 31.1 Å². The van der Waals surface area contributed by atoms with E-state index in [9.17, 15) is 4.57 Å². The van der Waals surface area contributed by atoms with Gasteiger partial charge in [0.25, 0.3) is 0 Å². The zero-order valence-electron chi connectivity index (χ0n) is 31.2. The van der Waals surface area contributed by atoms with Gasteiger partial charge in [-0.15, -0.1) is 0 Å². The summed E-state index contributed by atoms with van der Waals surface area (Å²) < 4.78 is 13.2. The normalized spacial score (nSPS) is 19.3. The minimum atomic E-state index is -2.42. The number of benzene rings is 7. The Hall–Kier alpha value is -5.70. The first-order valence-corrected chi connectivity index (χ1v) is 22.0. The molecule has 3 atom stereocenters. The third-order valence-electron chi connectivity index (χ3n) is 12.4. The Morgan fingerprint density at radius 3 is 1.75 bits per heavy atom. The third kappa shape index (κ3) is 5.83. The number of rotatable bonds is 7.